The van der Waals surface area contributed by atoms with Gasteiger partial charge in [-0.3, -0.25) is 19.4 Å². The number of benzene rings is 4. The summed E-state index contributed by atoms with van der Waals surface area (Å²) in [6.07, 6.45) is 5.18. The summed E-state index contributed by atoms with van der Waals surface area (Å²) in [6, 6.07) is 16.1. The molecule has 0 spiro atoms. The van der Waals surface area contributed by atoms with Crippen LogP contribution < -0.4 is 11.5 Å². The predicted octanol–water partition coefficient (Wildman–Crippen LogP) is 5.22. The average Bonchev–Trinajstić information content (AvgIpc) is 3.95. The molecule has 25 heteroatoms. The average molecular weight is 1180 g/mol. The van der Waals surface area contributed by atoms with Crippen molar-refractivity contribution in [3.8, 4) is 0 Å². The number of rotatable bonds is 12. The molecule has 8 rings (SSSR count). The van der Waals surface area contributed by atoms with Gasteiger partial charge in [0.05, 0.1) is 35.2 Å². The minimum atomic E-state index is -3.25. The number of hydrogen-bond donors (Lipinski definition) is 4. The van der Waals surface area contributed by atoms with Crippen molar-refractivity contribution >= 4 is 68.5 Å². The minimum Gasteiger partial charge on any atom is -0.478 e. The molecule has 0 aliphatic carbocycles. The maximum absolute atomic E-state index is 14.1. The van der Waals surface area contributed by atoms with Crippen LogP contribution in [0.4, 0.5) is 17.6 Å². The number of sulfone groups is 2. The maximum atomic E-state index is 14.1. The summed E-state index contributed by atoms with van der Waals surface area (Å²) in [6.45, 7) is 3.55. The Balaban J connectivity index is 0.000000242. The predicted molar refractivity (Wildman–Crippen MR) is 264 cm³/mol. The van der Waals surface area contributed by atoms with Crippen LogP contribution in [0.1, 0.15) is 58.4 Å². The minimum absolute atomic E-state index is 0. The van der Waals surface area contributed by atoms with Gasteiger partial charge in [-0.2, -0.15) is 0 Å². The summed E-state index contributed by atoms with van der Waals surface area (Å²) in [5.41, 5.74) is 16.9. The number of nitrogens with zero attached hydrogens (tertiary/aromatic N) is 2. The summed E-state index contributed by atoms with van der Waals surface area (Å²) >= 11 is 0. The van der Waals surface area contributed by atoms with E-state index in [1.807, 2.05) is 12.1 Å². The van der Waals surface area contributed by atoms with Gasteiger partial charge in [0.25, 0.3) is 12.9 Å². The van der Waals surface area contributed by atoms with Gasteiger partial charge < -0.3 is 40.6 Å². The molecule has 6 atom stereocenters. The first kappa shape index (κ1) is 59.9. The SMILES string of the molecule is CS(=O)(=O)c1ccc2c(c1)CN([C@H]1CO[C@H](c3cc(F)ccc3F)[C@@H](N)C1)C2.CS(=O)(=O)c1ccc2c(c1)CN([C@H]1CO[C@H](c3cc(F)ccc3F)[C@@H](N)C1)C2.I.O=CO/C=C/C(=O)O.O=CO/C=C/C(=O)O. The standard InChI is InChI=1S/2C20H22F2N2O3S.2C4H4O4.HI/c2*1-28(25,26)16-4-2-12-9-24(10-13(12)6-16)15-8-19(23)20(27-11-15)17-7-14(21)3-5-18(17)22;2*5-3-8-2-1-4(6)7;/h2*2-7,15,19-20H,8-11,23H2,1H3;2*1-3H,(H,6,7);1H/b;;2*2-1+;/t2*15-,19+,20-;;;/m11.../s1. The number of fused-ring (bicyclic) bond motifs is 2. The van der Waals surface area contributed by atoms with E-state index in [-0.39, 0.29) is 60.1 Å². The van der Waals surface area contributed by atoms with Crippen molar-refractivity contribution in [1.29, 1.82) is 0 Å². The summed E-state index contributed by atoms with van der Waals surface area (Å²) in [5, 5.41) is 15.7. The normalized spacial score (nSPS) is 21.6. The number of ether oxygens (including phenoxy) is 4. The fraction of sp³-hybridized carbons (Fsp3) is 0.333. The van der Waals surface area contributed by atoms with Crippen molar-refractivity contribution in [2.24, 2.45) is 11.5 Å². The van der Waals surface area contributed by atoms with E-state index in [0.29, 0.717) is 74.2 Å². The smallest absolute Gasteiger partial charge is 0.331 e. The fourth-order valence-corrected chi connectivity index (χ4v) is 9.68. The molecular formula is C48H53F4IN4O14S2. The zero-order valence-electron chi connectivity index (χ0n) is 39.1. The lowest BCUT2D eigenvalue weighted by Crippen LogP contribution is -2.47. The van der Waals surface area contributed by atoms with E-state index in [1.165, 1.54) is 12.5 Å². The molecule has 73 heavy (non-hydrogen) atoms. The Hall–Kier alpha value is -5.65. The summed E-state index contributed by atoms with van der Waals surface area (Å²) < 4.78 is 122. The summed E-state index contributed by atoms with van der Waals surface area (Å²) in [5.74, 6) is -4.39. The van der Waals surface area contributed by atoms with Crippen molar-refractivity contribution in [2.45, 2.75) is 85.2 Å². The van der Waals surface area contributed by atoms with Crippen LogP contribution in [0.25, 0.3) is 0 Å². The van der Waals surface area contributed by atoms with Crippen LogP contribution in [0.3, 0.4) is 0 Å². The van der Waals surface area contributed by atoms with E-state index in [4.69, 9.17) is 31.2 Å². The molecule has 0 radical (unpaired) electrons. The van der Waals surface area contributed by atoms with E-state index in [1.54, 1.807) is 24.3 Å². The lowest BCUT2D eigenvalue weighted by Gasteiger charge is -2.38. The molecule has 18 nitrogen and oxygen atoms in total. The molecule has 0 saturated carbocycles. The maximum Gasteiger partial charge on any atom is 0.331 e. The van der Waals surface area contributed by atoms with Gasteiger partial charge in [-0.15, -0.1) is 24.0 Å². The highest BCUT2D eigenvalue weighted by Crippen LogP contribution is 2.37. The first-order chi connectivity index (χ1) is 34.0. The van der Waals surface area contributed by atoms with Gasteiger partial charge in [0, 0.05) is 74.0 Å². The monoisotopic (exact) mass is 1180 g/mol. The van der Waals surface area contributed by atoms with E-state index in [9.17, 15) is 53.6 Å². The Morgan fingerprint density at radius 1 is 0.603 bits per heavy atom. The molecule has 396 valence electrons. The number of nitrogens with two attached hydrogens (primary N) is 2. The molecule has 2 fully saturated rings. The van der Waals surface area contributed by atoms with Gasteiger partial charge in [0.1, 0.15) is 48.0 Å². The Kier molecular flexibility index (Phi) is 22.2. The van der Waals surface area contributed by atoms with Crippen molar-refractivity contribution in [1.82, 2.24) is 9.80 Å². The third-order valence-corrected chi connectivity index (χ3v) is 14.0. The van der Waals surface area contributed by atoms with Crippen LogP contribution in [-0.4, -0.2) is 112 Å². The van der Waals surface area contributed by atoms with E-state index >= 15 is 0 Å². The van der Waals surface area contributed by atoms with Crippen LogP contribution in [0.5, 0.6) is 0 Å². The zero-order chi connectivity index (χ0) is 52.9. The number of carboxylic acids is 2. The van der Waals surface area contributed by atoms with Gasteiger partial charge >= 0.3 is 11.9 Å². The molecule has 4 aliphatic heterocycles. The number of carboxylic acid groups (broad SMARTS) is 2. The molecule has 4 aromatic rings. The van der Waals surface area contributed by atoms with Crippen molar-refractivity contribution in [2.75, 3.05) is 25.7 Å². The van der Waals surface area contributed by atoms with Crippen LogP contribution in [0, 0.1) is 23.3 Å². The molecular weight excluding hydrogens is 1120 g/mol. The molecule has 4 heterocycles. The molecule has 0 amide bonds. The molecule has 0 aromatic heterocycles. The fourth-order valence-electron chi connectivity index (χ4n) is 8.33. The first-order valence-electron chi connectivity index (χ1n) is 21.7. The van der Waals surface area contributed by atoms with Crippen molar-refractivity contribution in [3.63, 3.8) is 0 Å². The highest BCUT2D eigenvalue weighted by molar-refractivity contribution is 14.0. The van der Waals surface area contributed by atoms with Gasteiger partial charge in [-0.05, 0) is 95.8 Å². The molecule has 2 saturated heterocycles. The molecule has 6 N–H and O–H groups in total. The summed E-state index contributed by atoms with van der Waals surface area (Å²) in [4.78, 5) is 42.8. The topological polar surface area (TPSA) is 272 Å². The second kappa shape index (κ2) is 27.0. The van der Waals surface area contributed by atoms with Gasteiger partial charge in [-0.25, -0.2) is 44.0 Å². The second-order valence-electron chi connectivity index (χ2n) is 16.9. The van der Waals surface area contributed by atoms with E-state index < -0.39 is 79.2 Å². The number of aliphatic carboxylic acids is 2. The van der Waals surface area contributed by atoms with Crippen molar-refractivity contribution < 1.29 is 82.7 Å². The van der Waals surface area contributed by atoms with Gasteiger partial charge in [-0.1, -0.05) is 12.1 Å². The lowest BCUT2D eigenvalue weighted by atomic mass is 9.93. The van der Waals surface area contributed by atoms with Crippen LogP contribution >= 0.6 is 24.0 Å². The largest absolute Gasteiger partial charge is 0.478 e. The quantitative estimate of drug-likeness (QED) is 0.0466. The highest BCUT2D eigenvalue weighted by atomic mass is 127. The summed E-state index contributed by atoms with van der Waals surface area (Å²) in [7, 11) is -6.50. The van der Waals surface area contributed by atoms with Gasteiger partial charge in [0.2, 0.25) is 0 Å². The molecule has 4 aliphatic rings. The number of carbonyl (C=O) groups is 4. The van der Waals surface area contributed by atoms with Crippen molar-refractivity contribution in [3.05, 3.63) is 154 Å². The highest BCUT2D eigenvalue weighted by Gasteiger charge is 2.38. The molecule has 4 aromatic carbocycles. The third-order valence-electron chi connectivity index (χ3n) is 11.8. The number of hydrogen-bond acceptors (Lipinski definition) is 16. The Labute approximate surface area is 435 Å². The zero-order valence-corrected chi connectivity index (χ0v) is 43.1. The molecule has 0 bridgehead atoms. The number of halogens is 5. The second-order valence-corrected chi connectivity index (χ2v) is 20.9. The molecule has 0 unspecified atom stereocenters. The Morgan fingerprint density at radius 2 is 0.959 bits per heavy atom. The lowest BCUT2D eigenvalue weighted by molar-refractivity contribution is -0.132. The van der Waals surface area contributed by atoms with E-state index in [2.05, 4.69) is 19.3 Å². The first-order valence-corrected chi connectivity index (χ1v) is 25.5. The Morgan fingerprint density at radius 3 is 1.27 bits per heavy atom. The third kappa shape index (κ3) is 17.2. The van der Waals surface area contributed by atoms with Crippen LogP contribution in [-0.2, 0) is 84.0 Å². The van der Waals surface area contributed by atoms with Crippen LogP contribution in [0.2, 0.25) is 0 Å². The Bertz CT molecular complexity index is 2710. The van der Waals surface area contributed by atoms with Crippen LogP contribution in [0.15, 0.2) is 107 Å². The van der Waals surface area contributed by atoms with Gasteiger partial charge in [0.15, 0.2) is 19.7 Å². The number of carbonyl (C=O) groups excluding carboxylic acids is 2. The van der Waals surface area contributed by atoms with E-state index in [0.717, 1.165) is 71.2 Å².